The Kier molecular flexibility index (Phi) is 4.81. The Morgan fingerprint density at radius 1 is 1.20 bits per heavy atom. The van der Waals surface area contributed by atoms with Crippen molar-refractivity contribution in [2.45, 2.75) is 52.5 Å². The van der Waals surface area contributed by atoms with Crippen LogP contribution in [-0.2, 0) is 0 Å². The summed E-state index contributed by atoms with van der Waals surface area (Å²) in [6.07, 6.45) is 3.33. The largest absolute Gasteiger partial charge is 0.364 e. The third kappa shape index (κ3) is 3.60. The van der Waals surface area contributed by atoms with Crippen molar-refractivity contribution in [3.05, 3.63) is 11.4 Å². The Labute approximate surface area is 125 Å². The highest BCUT2D eigenvalue weighted by atomic mass is 32.1. The molecule has 2 aromatic heterocycles. The molecule has 2 N–H and O–H groups in total. The molecule has 0 radical (unpaired) electrons. The fourth-order valence-corrected chi connectivity index (χ4v) is 3.04. The van der Waals surface area contributed by atoms with E-state index in [0.29, 0.717) is 0 Å². The van der Waals surface area contributed by atoms with Gasteiger partial charge in [0.1, 0.15) is 10.6 Å². The molecule has 110 valence electrons. The van der Waals surface area contributed by atoms with E-state index in [1.807, 2.05) is 0 Å². The minimum atomic E-state index is 0.0417. The summed E-state index contributed by atoms with van der Waals surface area (Å²) in [6.45, 7) is 9.68. The maximum atomic E-state index is 4.65. The van der Waals surface area contributed by atoms with Crippen LogP contribution >= 0.6 is 11.3 Å². The van der Waals surface area contributed by atoms with Crippen molar-refractivity contribution in [1.82, 2.24) is 9.97 Å². The summed E-state index contributed by atoms with van der Waals surface area (Å²) in [7, 11) is 0. The minimum Gasteiger partial charge on any atom is -0.364 e. The SMILES string of the molecule is CCCNc1nc(NC(C)(C)CCC)c2ccsc2n1. The molecule has 0 aliphatic carbocycles. The molecule has 0 saturated carbocycles. The lowest BCUT2D eigenvalue weighted by Crippen LogP contribution is -2.31. The first kappa shape index (κ1) is 15.0. The van der Waals surface area contributed by atoms with Crippen molar-refractivity contribution in [3.63, 3.8) is 0 Å². The van der Waals surface area contributed by atoms with E-state index in [4.69, 9.17) is 0 Å². The number of fused-ring (bicyclic) bond motifs is 1. The molecule has 0 aromatic carbocycles. The highest BCUT2D eigenvalue weighted by Crippen LogP contribution is 2.29. The van der Waals surface area contributed by atoms with Crippen LogP contribution in [0.4, 0.5) is 11.8 Å². The average Bonchev–Trinajstić information content (AvgIpc) is 2.84. The highest BCUT2D eigenvalue weighted by Gasteiger charge is 2.19. The number of rotatable bonds is 7. The van der Waals surface area contributed by atoms with Gasteiger partial charge >= 0.3 is 0 Å². The van der Waals surface area contributed by atoms with Gasteiger partial charge < -0.3 is 10.6 Å². The van der Waals surface area contributed by atoms with Gasteiger partial charge in [0, 0.05) is 12.1 Å². The van der Waals surface area contributed by atoms with Gasteiger partial charge in [-0.25, -0.2) is 4.98 Å². The van der Waals surface area contributed by atoms with Crippen LogP contribution < -0.4 is 10.6 Å². The summed E-state index contributed by atoms with van der Waals surface area (Å²) < 4.78 is 0. The second-order valence-corrected chi connectivity index (χ2v) is 6.62. The lowest BCUT2D eigenvalue weighted by molar-refractivity contribution is 0.509. The molecule has 0 amide bonds. The van der Waals surface area contributed by atoms with Crippen molar-refractivity contribution >= 4 is 33.3 Å². The molecule has 0 bridgehead atoms. The first-order chi connectivity index (χ1) is 9.55. The number of anilines is 2. The highest BCUT2D eigenvalue weighted by molar-refractivity contribution is 7.16. The second-order valence-electron chi connectivity index (χ2n) is 5.72. The minimum absolute atomic E-state index is 0.0417. The summed E-state index contributed by atoms with van der Waals surface area (Å²) in [5, 5.41) is 10.0. The van der Waals surface area contributed by atoms with Crippen molar-refractivity contribution in [1.29, 1.82) is 0 Å². The van der Waals surface area contributed by atoms with Crippen LogP contribution in [0.1, 0.15) is 47.0 Å². The molecule has 2 rings (SSSR count). The molecule has 0 fully saturated rings. The molecule has 2 heterocycles. The van der Waals surface area contributed by atoms with Crippen LogP contribution in [-0.4, -0.2) is 22.1 Å². The molecular weight excluding hydrogens is 268 g/mol. The molecule has 0 saturated heterocycles. The molecule has 2 aromatic rings. The van der Waals surface area contributed by atoms with E-state index in [2.05, 4.69) is 59.7 Å². The topological polar surface area (TPSA) is 49.8 Å². The van der Waals surface area contributed by atoms with E-state index in [-0.39, 0.29) is 5.54 Å². The normalized spacial score (nSPS) is 11.8. The van der Waals surface area contributed by atoms with Crippen LogP contribution in [0.5, 0.6) is 0 Å². The Balaban J connectivity index is 2.32. The third-order valence-electron chi connectivity index (χ3n) is 3.19. The summed E-state index contributed by atoms with van der Waals surface area (Å²) in [6, 6.07) is 2.09. The number of hydrogen-bond donors (Lipinski definition) is 2. The quantitative estimate of drug-likeness (QED) is 0.788. The van der Waals surface area contributed by atoms with Gasteiger partial charge in [-0.1, -0.05) is 20.3 Å². The predicted octanol–water partition coefficient (Wildman–Crippen LogP) is 4.50. The van der Waals surface area contributed by atoms with Crippen molar-refractivity contribution in [2.75, 3.05) is 17.2 Å². The number of nitrogens with one attached hydrogen (secondary N) is 2. The Bertz CT molecular complexity index is 562. The van der Waals surface area contributed by atoms with Gasteiger partial charge in [-0.3, -0.25) is 0 Å². The Morgan fingerprint density at radius 2 is 2.00 bits per heavy atom. The maximum absolute atomic E-state index is 4.65. The summed E-state index contributed by atoms with van der Waals surface area (Å²) in [5.41, 5.74) is 0.0417. The fraction of sp³-hybridized carbons (Fsp3) is 0.600. The predicted molar refractivity (Wildman–Crippen MR) is 88.8 cm³/mol. The molecule has 20 heavy (non-hydrogen) atoms. The van der Waals surface area contributed by atoms with E-state index < -0.39 is 0 Å². The van der Waals surface area contributed by atoms with E-state index in [0.717, 1.165) is 47.8 Å². The van der Waals surface area contributed by atoms with Crippen LogP contribution in [0, 0.1) is 0 Å². The smallest absolute Gasteiger partial charge is 0.226 e. The lowest BCUT2D eigenvalue weighted by Gasteiger charge is -2.27. The molecule has 0 aliphatic rings. The number of thiophene rings is 1. The molecule has 0 spiro atoms. The third-order valence-corrected chi connectivity index (χ3v) is 4.00. The average molecular weight is 292 g/mol. The zero-order valence-corrected chi connectivity index (χ0v) is 13.6. The van der Waals surface area contributed by atoms with Crippen LogP contribution in [0.2, 0.25) is 0 Å². The maximum Gasteiger partial charge on any atom is 0.226 e. The molecule has 0 atom stereocenters. The first-order valence-electron chi connectivity index (χ1n) is 7.33. The van der Waals surface area contributed by atoms with Gasteiger partial charge in [0.05, 0.1) is 5.39 Å². The van der Waals surface area contributed by atoms with E-state index in [9.17, 15) is 0 Å². The van der Waals surface area contributed by atoms with Crippen molar-refractivity contribution in [3.8, 4) is 0 Å². The standard InChI is InChI=1S/C15H24N4S/c1-5-8-15(3,4)19-12-11-7-10-20-13(11)18-14(17-12)16-9-6-2/h7,10H,5-6,8-9H2,1-4H3,(H2,16,17,18,19). The van der Waals surface area contributed by atoms with Gasteiger partial charge in [-0.15, -0.1) is 11.3 Å². The Morgan fingerprint density at radius 3 is 2.70 bits per heavy atom. The summed E-state index contributed by atoms with van der Waals surface area (Å²) >= 11 is 1.66. The van der Waals surface area contributed by atoms with Crippen LogP contribution in [0.3, 0.4) is 0 Å². The van der Waals surface area contributed by atoms with Gasteiger partial charge in [-0.2, -0.15) is 4.98 Å². The Hall–Kier alpha value is -1.36. The number of nitrogens with zero attached hydrogens (tertiary/aromatic N) is 2. The monoisotopic (exact) mass is 292 g/mol. The van der Waals surface area contributed by atoms with Gasteiger partial charge in [0.2, 0.25) is 5.95 Å². The molecule has 0 aliphatic heterocycles. The zero-order valence-electron chi connectivity index (χ0n) is 12.8. The van der Waals surface area contributed by atoms with Gasteiger partial charge in [0.25, 0.3) is 0 Å². The van der Waals surface area contributed by atoms with E-state index in [1.165, 1.54) is 0 Å². The van der Waals surface area contributed by atoms with Crippen molar-refractivity contribution < 1.29 is 0 Å². The van der Waals surface area contributed by atoms with Gasteiger partial charge in [0.15, 0.2) is 0 Å². The molecular formula is C15H24N4S. The summed E-state index contributed by atoms with van der Waals surface area (Å²) in [5.74, 6) is 1.66. The number of aromatic nitrogens is 2. The first-order valence-corrected chi connectivity index (χ1v) is 8.21. The van der Waals surface area contributed by atoms with Crippen molar-refractivity contribution in [2.24, 2.45) is 0 Å². The van der Waals surface area contributed by atoms with Crippen LogP contribution in [0.15, 0.2) is 11.4 Å². The summed E-state index contributed by atoms with van der Waals surface area (Å²) in [4.78, 5) is 10.3. The second kappa shape index (κ2) is 6.39. The van der Waals surface area contributed by atoms with Crippen LogP contribution in [0.25, 0.3) is 10.2 Å². The fourth-order valence-electron chi connectivity index (χ4n) is 2.27. The number of hydrogen-bond acceptors (Lipinski definition) is 5. The molecule has 4 nitrogen and oxygen atoms in total. The molecule has 5 heteroatoms. The molecule has 0 unspecified atom stereocenters. The van der Waals surface area contributed by atoms with Gasteiger partial charge in [-0.05, 0) is 38.1 Å². The lowest BCUT2D eigenvalue weighted by atomic mass is 9.99. The van der Waals surface area contributed by atoms with E-state index in [1.54, 1.807) is 11.3 Å². The van der Waals surface area contributed by atoms with E-state index >= 15 is 0 Å². The zero-order chi connectivity index (χ0) is 14.6.